The third-order valence-corrected chi connectivity index (χ3v) is 4.63. The summed E-state index contributed by atoms with van der Waals surface area (Å²) in [5.41, 5.74) is 0.633. The molecule has 23 heavy (non-hydrogen) atoms. The fourth-order valence-electron chi connectivity index (χ4n) is 3.19. The van der Waals surface area contributed by atoms with Crippen molar-refractivity contribution in [3.05, 3.63) is 17.0 Å². The lowest BCUT2D eigenvalue weighted by Gasteiger charge is -2.48. The first kappa shape index (κ1) is 16.7. The summed E-state index contributed by atoms with van der Waals surface area (Å²) in [6.45, 7) is 1.42. The van der Waals surface area contributed by atoms with Crippen LogP contribution < -0.4 is 4.74 Å². The van der Waals surface area contributed by atoms with Crippen molar-refractivity contribution in [3.8, 4) is 5.88 Å². The second kappa shape index (κ2) is 6.41. The van der Waals surface area contributed by atoms with Gasteiger partial charge >= 0.3 is 6.18 Å². The minimum absolute atomic E-state index is 0.206. The minimum atomic E-state index is -4.21. The van der Waals surface area contributed by atoms with E-state index in [-0.39, 0.29) is 31.4 Å². The molecule has 3 atom stereocenters. The van der Waals surface area contributed by atoms with Crippen LogP contribution in [0.25, 0.3) is 0 Å². The first-order chi connectivity index (χ1) is 10.8. The number of alkyl halides is 3. The molecule has 0 saturated carbocycles. The van der Waals surface area contributed by atoms with Crippen molar-refractivity contribution < 1.29 is 22.6 Å². The second-order valence-corrected chi connectivity index (χ2v) is 6.30. The summed E-state index contributed by atoms with van der Waals surface area (Å²) in [5, 5.41) is 0.313. The first-order valence-corrected chi connectivity index (χ1v) is 7.75. The van der Waals surface area contributed by atoms with Crippen molar-refractivity contribution >= 4 is 11.6 Å². The molecule has 0 amide bonds. The summed E-state index contributed by atoms with van der Waals surface area (Å²) < 4.78 is 49.5. The summed E-state index contributed by atoms with van der Waals surface area (Å²) >= 11 is 5.94. The molecule has 3 heterocycles. The zero-order chi connectivity index (χ0) is 16.6. The van der Waals surface area contributed by atoms with Crippen LogP contribution in [-0.2, 0) is 4.74 Å². The molecule has 2 fully saturated rings. The Hall–Kier alpha value is -1.12. The number of nitrogens with zero attached hydrogens (tertiary/aromatic N) is 3. The molecule has 0 aromatic carbocycles. The molecule has 128 valence electrons. The highest BCUT2D eigenvalue weighted by Crippen LogP contribution is 2.33. The van der Waals surface area contributed by atoms with Gasteiger partial charge in [-0.3, -0.25) is 4.90 Å². The number of hydrogen-bond acceptors (Lipinski definition) is 5. The third kappa shape index (κ3) is 3.87. The van der Waals surface area contributed by atoms with Gasteiger partial charge < -0.3 is 9.47 Å². The Morgan fingerprint density at radius 1 is 1.30 bits per heavy atom. The van der Waals surface area contributed by atoms with Crippen LogP contribution in [0.4, 0.5) is 13.2 Å². The molecular formula is C14H17ClF3N3O2. The van der Waals surface area contributed by atoms with Crippen molar-refractivity contribution in [2.24, 2.45) is 0 Å². The molecule has 2 saturated heterocycles. The smallest absolute Gasteiger partial charge is 0.401 e. The van der Waals surface area contributed by atoms with Gasteiger partial charge in [0.25, 0.3) is 0 Å². The molecule has 2 aliphatic rings. The monoisotopic (exact) mass is 351 g/mol. The van der Waals surface area contributed by atoms with Gasteiger partial charge in [-0.15, -0.1) is 0 Å². The number of hydrogen-bond donors (Lipinski definition) is 0. The van der Waals surface area contributed by atoms with Crippen LogP contribution in [0.5, 0.6) is 5.88 Å². The van der Waals surface area contributed by atoms with Crippen LogP contribution in [0.2, 0.25) is 5.15 Å². The predicted octanol–water partition coefficient (Wildman–Crippen LogP) is 2.61. The van der Waals surface area contributed by atoms with Gasteiger partial charge in [-0.1, -0.05) is 11.6 Å². The van der Waals surface area contributed by atoms with E-state index in [2.05, 4.69) is 9.97 Å². The molecule has 1 aromatic rings. The van der Waals surface area contributed by atoms with E-state index in [1.807, 2.05) is 0 Å². The van der Waals surface area contributed by atoms with Crippen LogP contribution >= 0.6 is 11.6 Å². The quantitative estimate of drug-likeness (QED) is 0.783. The lowest BCUT2D eigenvalue weighted by atomic mass is 9.91. The molecule has 1 aromatic heterocycles. The number of rotatable bonds is 3. The predicted molar refractivity (Wildman–Crippen MR) is 76.6 cm³/mol. The highest BCUT2D eigenvalue weighted by Gasteiger charge is 2.44. The number of piperidine rings is 1. The van der Waals surface area contributed by atoms with Crippen molar-refractivity contribution in [2.75, 3.05) is 19.8 Å². The Morgan fingerprint density at radius 2 is 1.96 bits per heavy atom. The van der Waals surface area contributed by atoms with E-state index in [1.165, 1.54) is 11.2 Å². The maximum absolute atomic E-state index is 12.7. The number of aromatic nitrogens is 2. The Morgan fingerprint density at radius 3 is 2.57 bits per heavy atom. The molecule has 0 spiro atoms. The fraction of sp³-hybridized carbons (Fsp3) is 0.714. The van der Waals surface area contributed by atoms with Gasteiger partial charge in [0.1, 0.15) is 17.6 Å². The van der Waals surface area contributed by atoms with Crippen molar-refractivity contribution in [1.29, 1.82) is 0 Å². The third-order valence-electron chi connectivity index (χ3n) is 4.24. The van der Waals surface area contributed by atoms with Gasteiger partial charge in [0, 0.05) is 30.5 Å². The lowest BCUT2D eigenvalue weighted by molar-refractivity contribution is -0.187. The molecule has 5 nitrogen and oxygen atoms in total. The Bertz CT molecular complexity index is 559. The molecule has 2 bridgehead atoms. The van der Waals surface area contributed by atoms with E-state index in [0.29, 0.717) is 29.4 Å². The average Bonchev–Trinajstić information content (AvgIpc) is 2.43. The summed E-state index contributed by atoms with van der Waals surface area (Å²) in [7, 11) is 0. The van der Waals surface area contributed by atoms with Crippen molar-refractivity contribution in [2.45, 2.75) is 44.1 Å². The average molecular weight is 352 g/mol. The van der Waals surface area contributed by atoms with Gasteiger partial charge in [-0.05, 0) is 6.92 Å². The summed E-state index contributed by atoms with van der Waals surface area (Å²) in [6, 6.07) is -0.599. The van der Waals surface area contributed by atoms with Gasteiger partial charge in [-0.2, -0.15) is 13.2 Å². The van der Waals surface area contributed by atoms with E-state index in [0.717, 1.165) is 0 Å². The lowest BCUT2D eigenvalue weighted by Crippen LogP contribution is -2.60. The van der Waals surface area contributed by atoms with Crippen LogP contribution in [0, 0.1) is 6.92 Å². The molecule has 0 aliphatic carbocycles. The normalized spacial score (nSPS) is 28.7. The fourth-order valence-corrected chi connectivity index (χ4v) is 3.32. The topological polar surface area (TPSA) is 47.5 Å². The maximum Gasteiger partial charge on any atom is 0.401 e. The van der Waals surface area contributed by atoms with Gasteiger partial charge in [0.15, 0.2) is 0 Å². The molecule has 0 radical (unpaired) electrons. The summed E-state index contributed by atoms with van der Waals surface area (Å²) in [4.78, 5) is 9.42. The number of ether oxygens (including phenoxy) is 2. The number of morpholine rings is 1. The van der Waals surface area contributed by atoms with E-state index in [4.69, 9.17) is 21.1 Å². The summed E-state index contributed by atoms with van der Waals surface area (Å²) in [5.74, 6) is 0.387. The number of halogens is 4. The van der Waals surface area contributed by atoms with Gasteiger partial charge in [0.2, 0.25) is 5.88 Å². The molecule has 1 unspecified atom stereocenters. The van der Waals surface area contributed by atoms with E-state index in [1.54, 1.807) is 6.92 Å². The van der Waals surface area contributed by atoms with E-state index in [9.17, 15) is 13.2 Å². The summed E-state index contributed by atoms with van der Waals surface area (Å²) in [6.07, 6.45) is -2.17. The first-order valence-electron chi connectivity index (χ1n) is 7.37. The molecule has 9 heteroatoms. The van der Waals surface area contributed by atoms with Crippen LogP contribution in [-0.4, -0.2) is 59.0 Å². The van der Waals surface area contributed by atoms with Crippen LogP contribution in [0.3, 0.4) is 0 Å². The largest absolute Gasteiger partial charge is 0.474 e. The molecule has 3 rings (SSSR count). The number of fused-ring (bicyclic) bond motifs is 2. The Labute approximate surface area is 136 Å². The van der Waals surface area contributed by atoms with E-state index < -0.39 is 12.7 Å². The standard InChI is InChI=1S/C14H17ClF3N3O2/c1-8-12(15)19-7-20-13(8)23-11-2-9-4-22-5-10(3-11)21(9)6-14(16,17)18/h7,9-11H,2-6H2,1H3/t9-,10?,11+/m1/s1. The van der Waals surface area contributed by atoms with Crippen molar-refractivity contribution in [3.63, 3.8) is 0 Å². The maximum atomic E-state index is 12.7. The zero-order valence-electron chi connectivity index (χ0n) is 12.5. The Kier molecular flexibility index (Phi) is 4.66. The highest BCUT2D eigenvalue weighted by atomic mass is 35.5. The molecule has 2 aliphatic heterocycles. The van der Waals surface area contributed by atoms with Crippen LogP contribution in [0.1, 0.15) is 18.4 Å². The second-order valence-electron chi connectivity index (χ2n) is 5.94. The van der Waals surface area contributed by atoms with E-state index >= 15 is 0 Å². The van der Waals surface area contributed by atoms with Crippen molar-refractivity contribution in [1.82, 2.24) is 14.9 Å². The SMILES string of the molecule is Cc1c(Cl)ncnc1O[C@@H]1CC2COC[C@@H](C1)N2CC(F)(F)F. The van der Waals surface area contributed by atoms with Gasteiger partial charge in [-0.25, -0.2) is 9.97 Å². The highest BCUT2D eigenvalue weighted by molar-refractivity contribution is 6.30. The Balaban J connectivity index is 1.70. The minimum Gasteiger partial charge on any atom is -0.474 e. The van der Waals surface area contributed by atoms with Gasteiger partial charge in [0.05, 0.1) is 19.8 Å². The molecule has 0 N–H and O–H groups in total. The zero-order valence-corrected chi connectivity index (χ0v) is 13.3. The van der Waals surface area contributed by atoms with Crippen LogP contribution in [0.15, 0.2) is 6.33 Å². The molecular weight excluding hydrogens is 335 g/mol.